The molecule has 0 amide bonds. The average molecular weight is 345 g/mol. The van der Waals surface area contributed by atoms with Gasteiger partial charge in [-0.3, -0.25) is 4.79 Å². The maximum absolute atomic E-state index is 10.7. The third-order valence-corrected chi connectivity index (χ3v) is 5.27. The Labute approximate surface area is 143 Å². The summed E-state index contributed by atoms with van der Waals surface area (Å²) in [5, 5.41) is 0. The second-order valence-electron chi connectivity index (χ2n) is 7.55. The van der Waals surface area contributed by atoms with E-state index in [1.165, 1.54) is 18.5 Å². The molecule has 0 aromatic heterocycles. The third kappa shape index (κ3) is 17.5. The van der Waals surface area contributed by atoms with Crippen LogP contribution in [0.25, 0.3) is 0 Å². The number of carbonyl (C=O) groups excluding carboxylic acids is 1. The van der Waals surface area contributed by atoms with Crippen LogP contribution in [0.15, 0.2) is 11.6 Å². The quantitative estimate of drug-likeness (QED) is 0.161. The Bertz CT molecular complexity index is 347. The van der Waals surface area contributed by atoms with Crippen LogP contribution in [0.5, 0.6) is 0 Å². The van der Waals surface area contributed by atoms with Gasteiger partial charge in [0.05, 0.1) is 13.2 Å². The largest absolute Gasteiger partial charge is 0.466 e. The summed E-state index contributed by atoms with van der Waals surface area (Å²) in [5.74, 6) is 0.362. The van der Waals surface area contributed by atoms with Crippen LogP contribution in [0, 0.1) is 5.92 Å². The standard InChI is InChI=1S/C18H36O4Si/c1-16(10-11-22-18(3)19)8-7-9-17(2)14-21-15-20-12-13-23(4,5)6/h9,16H,7-8,10-15H2,1-6H3/b17-9+/t16-/m0/s1. The van der Waals surface area contributed by atoms with Crippen LogP contribution in [0.3, 0.4) is 0 Å². The minimum atomic E-state index is -1.00. The van der Waals surface area contributed by atoms with E-state index >= 15 is 0 Å². The fraction of sp³-hybridized carbons (Fsp3) is 0.833. The van der Waals surface area contributed by atoms with Crippen molar-refractivity contribution in [3.05, 3.63) is 11.6 Å². The molecule has 0 aromatic rings. The van der Waals surface area contributed by atoms with Crippen LogP contribution in [0.2, 0.25) is 25.7 Å². The van der Waals surface area contributed by atoms with Crippen molar-refractivity contribution in [1.29, 1.82) is 0 Å². The van der Waals surface area contributed by atoms with Crippen molar-refractivity contribution in [2.45, 2.75) is 65.7 Å². The molecule has 0 unspecified atom stereocenters. The van der Waals surface area contributed by atoms with E-state index in [2.05, 4.69) is 39.6 Å². The van der Waals surface area contributed by atoms with Gasteiger partial charge in [-0.15, -0.1) is 0 Å². The molecule has 0 N–H and O–H groups in total. The molecule has 0 fully saturated rings. The normalized spacial score (nSPS) is 13.9. The highest BCUT2D eigenvalue weighted by Gasteiger charge is 2.11. The monoisotopic (exact) mass is 344 g/mol. The Balaban J connectivity index is 3.58. The van der Waals surface area contributed by atoms with Gasteiger partial charge in [0.15, 0.2) is 0 Å². The highest BCUT2D eigenvalue weighted by molar-refractivity contribution is 6.76. The molecule has 0 aliphatic rings. The van der Waals surface area contributed by atoms with Gasteiger partial charge in [0.1, 0.15) is 6.79 Å². The smallest absolute Gasteiger partial charge is 0.302 e. The summed E-state index contributed by atoms with van der Waals surface area (Å²) in [4.78, 5) is 10.7. The molecule has 136 valence electrons. The summed E-state index contributed by atoms with van der Waals surface area (Å²) in [6.07, 6.45) is 5.29. The van der Waals surface area contributed by atoms with Gasteiger partial charge in [-0.2, -0.15) is 0 Å². The molecule has 0 radical (unpaired) electrons. The lowest BCUT2D eigenvalue weighted by atomic mass is 10.0. The number of rotatable bonds is 13. The third-order valence-electron chi connectivity index (χ3n) is 3.56. The molecule has 0 spiro atoms. The predicted octanol–water partition coefficient (Wildman–Crippen LogP) is 4.63. The van der Waals surface area contributed by atoms with Crippen LogP contribution < -0.4 is 0 Å². The van der Waals surface area contributed by atoms with Crippen molar-refractivity contribution in [2.24, 2.45) is 5.92 Å². The Morgan fingerprint density at radius 2 is 1.78 bits per heavy atom. The molecular formula is C18H36O4Si. The van der Waals surface area contributed by atoms with Crippen molar-refractivity contribution in [2.75, 3.05) is 26.6 Å². The van der Waals surface area contributed by atoms with Gasteiger partial charge in [-0.25, -0.2) is 0 Å². The average Bonchev–Trinajstić information content (AvgIpc) is 2.41. The van der Waals surface area contributed by atoms with Crippen LogP contribution in [-0.2, 0) is 19.0 Å². The van der Waals surface area contributed by atoms with Gasteiger partial charge in [0, 0.05) is 21.6 Å². The minimum Gasteiger partial charge on any atom is -0.466 e. The summed E-state index contributed by atoms with van der Waals surface area (Å²) in [6, 6.07) is 1.18. The van der Waals surface area contributed by atoms with Gasteiger partial charge in [-0.05, 0) is 38.1 Å². The molecule has 0 aromatic carbocycles. The molecule has 23 heavy (non-hydrogen) atoms. The van der Waals surface area contributed by atoms with Crippen molar-refractivity contribution >= 4 is 14.0 Å². The molecule has 0 aliphatic heterocycles. The van der Waals surface area contributed by atoms with Gasteiger partial charge in [0.25, 0.3) is 0 Å². The van der Waals surface area contributed by atoms with E-state index in [0.29, 0.717) is 25.9 Å². The topological polar surface area (TPSA) is 44.8 Å². The molecule has 4 nitrogen and oxygen atoms in total. The second kappa shape index (κ2) is 12.7. The van der Waals surface area contributed by atoms with Gasteiger partial charge in [0.2, 0.25) is 0 Å². The molecular weight excluding hydrogens is 308 g/mol. The van der Waals surface area contributed by atoms with Gasteiger partial charge >= 0.3 is 5.97 Å². The van der Waals surface area contributed by atoms with Crippen molar-refractivity contribution < 1.29 is 19.0 Å². The van der Waals surface area contributed by atoms with E-state index in [4.69, 9.17) is 14.2 Å². The number of hydrogen-bond acceptors (Lipinski definition) is 4. The number of allylic oxidation sites excluding steroid dienone is 1. The lowest BCUT2D eigenvalue weighted by Gasteiger charge is -2.15. The van der Waals surface area contributed by atoms with Crippen molar-refractivity contribution in [3.63, 3.8) is 0 Å². The molecule has 0 saturated carbocycles. The predicted molar refractivity (Wildman–Crippen MR) is 98.3 cm³/mol. The van der Waals surface area contributed by atoms with Crippen LogP contribution in [-0.4, -0.2) is 40.7 Å². The van der Waals surface area contributed by atoms with E-state index in [-0.39, 0.29) is 5.97 Å². The summed E-state index contributed by atoms with van der Waals surface area (Å²) >= 11 is 0. The molecule has 0 aliphatic carbocycles. The minimum absolute atomic E-state index is 0.197. The highest BCUT2D eigenvalue weighted by atomic mass is 28.3. The number of hydrogen-bond donors (Lipinski definition) is 0. The van der Waals surface area contributed by atoms with E-state index in [9.17, 15) is 4.79 Å². The lowest BCUT2D eigenvalue weighted by Crippen LogP contribution is -2.22. The zero-order chi connectivity index (χ0) is 17.7. The molecule has 0 heterocycles. The van der Waals surface area contributed by atoms with E-state index in [1.54, 1.807) is 0 Å². The maximum Gasteiger partial charge on any atom is 0.302 e. The first-order chi connectivity index (χ1) is 10.7. The van der Waals surface area contributed by atoms with Crippen molar-refractivity contribution in [1.82, 2.24) is 0 Å². The Kier molecular flexibility index (Phi) is 12.4. The van der Waals surface area contributed by atoms with Crippen molar-refractivity contribution in [3.8, 4) is 0 Å². The molecule has 1 atom stereocenters. The van der Waals surface area contributed by atoms with E-state index < -0.39 is 8.07 Å². The maximum atomic E-state index is 10.7. The first-order valence-corrected chi connectivity index (χ1v) is 12.4. The molecule has 0 saturated heterocycles. The lowest BCUT2D eigenvalue weighted by molar-refractivity contribution is -0.141. The number of carbonyl (C=O) groups is 1. The Hall–Kier alpha value is -0.653. The molecule has 5 heteroatoms. The van der Waals surface area contributed by atoms with Crippen LogP contribution in [0.1, 0.15) is 40.0 Å². The highest BCUT2D eigenvalue weighted by Crippen LogP contribution is 2.12. The fourth-order valence-corrected chi connectivity index (χ4v) is 2.68. The zero-order valence-corrected chi connectivity index (χ0v) is 16.9. The molecule has 0 bridgehead atoms. The summed E-state index contributed by atoms with van der Waals surface area (Å²) in [5.41, 5.74) is 1.24. The second-order valence-corrected chi connectivity index (χ2v) is 13.2. The fourth-order valence-electron chi connectivity index (χ4n) is 1.92. The van der Waals surface area contributed by atoms with E-state index in [1.807, 2.05) is 0 Å². The number of ether oxygens (including phenoxy) is 3. The van der Waals surface area contributed by atoms with Gasteiger partial charge in [-0.1, -0.05) is 38.2 Å². The Morgan fingerprint density at radius 1 is 1.09 bits per heavy atom. The first kappa shape index (κ1) is 22.3. The van der Waals surface area contributed by atoms with Gasteiger partial charge < -0.3 is 14.2 Å². The SMILES string of the molecule is CC(=O)OCC[C@@H](C)CC/C=C(\C)COCOCC[Si](C)(C)C. The first-order valence-electron chi connectivity index (χ1n) is 8.65. The van der Waals surface area contributed by atoms with Crippen LogP contribution >= 0.6 is 0 Å². The zero-order valence-electron chi connectivity index (χ0n) is 15.9. The summed E-state index contributed by atoms with van der Waals surface area (Å²) in [7, 11) is -1.00. The summed E-state index contributed by atoms with van der Waals surface area (Å²) in [6.45, 7) is 15.1. The van der Waals surface area contributed by atoms with E-state index in [0.717, 1.165) is 25.9 Å². The molecule has 0 rings (SSSR count). The summed E-state index contributed by atoms with van der Waals surface area (Å²) < 4.78 is 16.0. The number of esters is 1. The Morgan fingerprint density at radius 3 is 2.39 bits per heavy atom. The van der Waals surface area contributed by atoms with Crippen LogP contribution in [0.4, 0.5) is 0 Å².